The van der Waals surface area contributed by atoms with Crippen LogP contribution in [0.4, 0.5) is 0 Å². The normalized spacial score (nSPS) is 16.3. The van der Waals surface area contributed by atoms with E-state index < -0.39 is 0 Å². The predicted molar refractivity (Wildman–Crippen MR) is 60.4 cm³/mol. The van der Waals surface area contributed by atoms with Crippen LogP contribution < -0.4 is 10.1 Å². The zero-order valence-electron chi connectivity index (χ0n) is 9.18. The monoisotopic (exact) mass is 218 g/mol. The molecule has 1 aliphatic heterocycles. The summed E-state index contributed by atoms with van der Waals surface area (Å²) in [5.74, 6) is 1.55. The highest BCUT2D eigenvalue weighted by Gasteiger charge is 2.17. The number of fused-ring (bicyclic) bond motifs is 1. The second-order valence-corrected chi connectivity index (χ2v) is 4.20. The van der Waals surface area contributed by atoms with Gasteiger partial charge in [0, 0.05) is 32.1 Å². The van der Waals surface area contributed by atoms with Gasteiger partial charge in [0.25, 0.3) is 0 Å². The smallest absolute Gasteiger partial charge is 0.121 e. The van der Waals surface area contributed by atoms with E-state index in [9.17, 15) is 0 Å². The standard InChI is InChI=1S/C11H14N4O/c1-15-11-4-9(2-3-10(11)13-14-15)16-7-8-5-12-6-8/h2-4,8,12H,5-7H2,1H3. The van der Waals surface area contributed by atoms with Gasteiger partial charge in [0.1, 0.15) is 11.3 Å². The van der Waals surface area contributed by atoms with Crippen LogP contribution in [-0.2, 0) is 7.05 Å². The minimum atomic E-state index is 0.653. The minimum absolute atomic E-state index is 0.653. The lowest BCUT2D eigenvalue weighted by molar-refractivity contribution is 0.199. The lowest BCUT2D eigenvalue weighted by Crippen LogP contribution is -2.45. The topological polar surface area (TPSA) is 52.0 Å². The van der Waals surface area contributed by atoms with Gasteiger partial charge in [-0.2, -0.15) is 0 Å². The molecular formula is C11H14N4O. The van der Waals surface area contributed by atoms with Gasteiger partial charge in [0.05, 0.1) is 12.1 Å². The molecule has 1 aromatic heterocycles. The van der Waals surface area contributed by atoms with Crippen LogP contribution in [0.2, 0.25) is 0 Å². The third-order valence-corrected chi connectivity index (χ3v) is 2.93. The summed E-state index contributed by atoms with van der Waals surface area (Å²) in [4.78, 5) is 0. The fraction of sp³-hybridized carbons (Fsp3) is 0.455. The first-order valence-electron chi connectivity index (χ1n) is 5.46. The second-order valence-electron chi connectivity index (χ2n) is 4.20. The number of aryl methyl sites for hydroxylation is 1. The van der Waals surface area contributed by atoms with Crippen LogP contribution in [0.15, 0.2) is 18.2 Å². The van der Waals surface area contributed by atoms with E-state index >= 15 is 0 Å². The van der Waals surface area contributed by atoms with Crippen molar-refractivity contribution in [1.82, 2.24) is 20.3 Å². The summed E-state index contributed by atoms with van der Waals surface area (Å²) in [6.07, 6.45) is 0. The van der Waals surface area contributed by atoms with Gasteiger partial charge in [-0.25, -0.2) is 4.68 Å². The molecule has 0 spiro atoms. The first kappa shape index (κ1) is 9.59. The number of hydrogen-bond donors (Lipinski definition) is 1. The Morgan fingerprint density at radius 2 is 2.38 bits per heavy atom. The van der Waals surface area contributed by atoms with Crippen molar-refractivity contribution in [3.63, 3.8) is 0 Å². The molecule has 0 aliphatic carbocycles. The number of nitrogens with zero attached hydrogens (tertiary/aromatic N) is 3. The van der Waals surface area contributed by atoms with Gasteiger partial charge in [-0.1, -0.05) is 5.21 Å². The average Bonchev–Trinajstić information content (AvgIpc) is 2.58. The lowest BCUT2D eigenvalue weighted by Gasteiger charge is -2.26. The largest absolute Gasteiger partial charge is 0.493 e. The molecule has 1 N–H and O–H groups in total. The van der Waals surface area contributed by atoms with Crippen LogP contribution in [0.1, 0.15) is 0 Å². The van der Waals surface area contributed by atoms with Gasteiger partial charge >= 0.3 is 0 Å². The highest BCUT2D eigenvalue weighted by molar-refractivity contribution is 5.75. The highest BCUT2D eigenvalue weighted by Crippen LogP contribution is 2.19. The van der Waals surface area contributed by atoms with Crippen LogP contribution >= 0.6 is 0 Å². The summed E-state index contributed by atoms with van der Waals surface area (Å²) in [6.45, 7) is 2.91. The Morgan fingerprint density at radius 1 is 1.50 bits per heavy atom. The third-order valence-electron chi connectivity index (χ3n) is 2.93. The number of aromatic nitrogens is 3. The Labute approximate surface area is 93.4 Å². The van der Waals surface area contributed by atoms with Crippen molar-refractivity contribution < 1.29 is 4.74 Å². The van der Waals surface area contributed by atoms with Crippen molar-refractivity contribution >= 4 is 11.0 Å². The molecule has 84 valence electrons. The maximum Gasteiger partial charge on any atom is 0.121 e. The molecule has 1 saturated heterocycles. The predicted octanol–water partition coefficient (Wildman–Crippen LogP) is 0.566. The highest BCUT2D eigenvalue weighted by atomic mass is 16.5. The molecule has 0 amide bonds. The fourth-order valence-corrected chi connectivity index (χ4v) is 1.78. The summed E-state index contributed by atoms with van der Waals surface area (Å²) >= 11 is 0. The van der Waals surface area contributed by atoms with E-state index in [1.165, 1.54) is 0 Å². The summed E-state index contributed by atoms with van der Waals surface area (Å²) in [7, 11) is 1.88. The molecule has 5 nitrogen and oxygen atoms in total. The first-order valence-corrected chi connectivity index (χ1v) is 5.46. The molecule has 0 saturated carbocycles. The van der Waals surface area contributed by atoms with Gasteiger partial charge in [-0.15, -0.1) is 5.10 Å². The van der Waals surface area contributed by atoms with Crippen molar-refractivity contribution in [2.75, 3.05) is 19.7 Å². The van der Waals surface area contributed by atoms with Crippen LogP contribution in [0.25, 0.3) is 11.0 Å². The van der Waals surface area contributed by atoms with Gasteiger partial charge < -0.3 is 10.1 Å². The number of benzene rings is 1. The third kappa shape index (κ3) is 1.63. The summed E-state index contributed by atoms with van der Waals surface area (Å²) in [6, 6.07) is 5.88. The van der Waals surface area contributed by atoms with Crippen LogP contribution in [0, 0.1) is 5.92 Å². The molecule has 0 atom stereocenters. The van der Waals surface area contributed by atoms with E-state index in [0.717, 1.165) is 36.5 Å². The lowest BCUT2D eigenvalue weighted by atomic mass is 10.1. The molecule has 2 aromatic rings. The molecule has 0 unspecified atom stereocenters. The summed E-state index contributed by atoms with van der Waals surface area (Å²) in [5.41, 5.74) is 1.91. The Morgan fingerprint density at radius 3 is 3.12 bits per heavy atom. The van der Waals surface area contributed by atoms with E-state index in [-0.39, 0.29) is 0 Å². The van der Waals surface area contributed by atoms with Crippen molar-refractivity contribution in [2.24, 2.45) is 13.0 Å². The van der Waals surface area contributed by atoms with Crippen molar-refractivity contribution in [3.8, 4) is 5.75 Å². The number of rotatable bonds is 3. The molecule has 3 rings (SSSR count). The zero-order valence-corrected chi connectivity index (χ0v) is 9.18. The van der Waals surface area contributed by atoms with Crippen molar-refractivity contribution in [1.29, 1.82) is 0 Å². The van der Waals surface area contributed by atoms with E-state index in [1.54, 1.807) is 4.68 Å². The van der Waals surface area contributed by atoms with E-state index in [1.807, 2.05) is 25.2 Å². The second kappa shape index (κ2) is 3.75. The molecule has 1 aromatic carbocycles. The van der Waals surface area contributed by atoms with Gasteiger partial charge in [0.2, 0.25) is 0 Å². The summed E-state index contributed by atoms with van der Waals surface area (Å²) < 4.78 is 7.49. The van der Waals surface area contributed by atoms with E-state index in [4.69, 9.17) is 4.74 Å². The Bertz CT molecular complexity index is 504. The maximum absolute atomic E-state index is 5.73. The molecule has 16 heavy (non-hydrogen) atoms. The van der Waals surface area contributed by atoms with Gasteiger partial charge in [-0.05, 0) is 12.1 Å². The average molecular weight is 218 g/mol. The molecule has 5 heteroatoms. The van der Waals surface area contributed by atoms with Crippen LogP contribution in [0.3, 0.4) is 0 Å². The van der Waals surface area contributed by atoms with E-state index in [2.05, 4.69) is 15.6 Å². The Hall–Kier alpha value is -1.62. The molecule has 0 radical (unpaired) electrons. The first-order chi connectivity index (χ1) is 7.83. The van der Waals surface area contributed by atoms with Gasteiger partial charge in [0.15, 0.2) is 0 Å². The quantitative estimate of drug-likeness (QED) is 0.818. The molecule has 2 heterocycles. The van der Waals surface area contributed by atoms with Crippen molar-refractivity contribution in [3.05, 3.63) is 18.2 Å². The number of hydrogen-bond acceptors (Lipinski definition) is 4. The van der Waals surface area contributed by atoms with Crippen molar-refractivity contribution in [2.45, 2.75) is 0 Å². The Kier molecular flexibility index (Phi) is 2.25. The summed E-state index contributed by atoms with van der Waals surface area (Å²) in [5, 5.41) is 11.2. The fourth-order valence-electron chi connectivity index (χ4n) is 1.78. The Balaban J connectivity index is 1.78. The van der Waals surface area contributed by atoms with Gasteiger partial charge in [-0.3, -0.25) is 0 Å². The number of ether oxygens (including phenoxy) is 1. The zero-order chi connectivity index (χ0) is 11.0. The van der Waals surface area contributed by atoms with E-state index in [0.29, 0.717) is 5.92 Å². The molecule has 0 bridgehead atoms. The SMILES string of the molecule is Cn1nnc2ccc(OCC3CNC3)cc21. The molecule has 1 aliphatic rings. The number of nitrogens with one attached hydrogen (secondary N) is 1. The van der Waals surface area contributed by atoms with Crippen LogP contribution in [-0.4, -0.2) is 34.7 Å². The molecule has 1 fully saturated rings. The molecular weight excluding hydrogens is 204 g/mol. The minimum Gasteiger partial charge on any atom is -0.493 e. The van der Waals surface area contributed by atoms with Crippen LogP contribution in [0.5, 0.6) is 5.75 Å². The maximum atomic E-state index is 5.73.